The second-order valence-electron chi connectivity index (χ2n) is 6.18. The van der Waals surface area contributed by atoms with Crippen molar-refractivity contribution in [1.29, 1.82) is 0 Å². The topological polar surface area (TPSA) is 86.2 Å². The minimum absolute atomic E-state index is 0.0992. The molecule has 27 heavy (non-hydrogen) atoms. The van der Waals surface area contributed by atoms with Crippen LogP contribution in [0.25, 0.3) is 11.3 Å². The van der Waals surface area contributed by atoms with Crippen LogP contribution < -0.4 is 14.8 Å². The van der Waals surface area contributed by atoms with Crippen LogP contribution >= 0.6 is 0 Å². The number of carbonyl (C=O) groups is 1. The molecule has 1 amide bonds. The quantitative estimate of drug-likeness (QED) is 0.749. The average molecular weight is 362 g/mol. The Kier molecular flexibility index (Phi) is 4.65. The predicted octanol–water partition coefficient (Wildman–Crippen LogP) is 2.28. The molecule has 1 aromatic carbocycles. The molecule has 1 N–H and O–H groups in total. The number of fused-ring (bicyclic) bond motifs is 1. The third kappa shape index (κ3) is 3.72. The molecule has 3 aromatic rings. The van der Waals surface area contributed by atoms with Crippen molar-refractivity contribution in [2.24, 2.45) is 0 Å². The smallest absolute Gasteiger partial charge is 0.252 e. The van der Waals surface area contributed by atoms with E-state index < -0.39 is 0 Å². The highest BCUT2D eigenvalue weighted by Gasteiger charge is 2.24. The summed E-state index contributed by atoms with van der Waals surface area (Å²) in [4.78, 5) is 16.1. The van der Waals surface area contributed by atoms with Crippen LogP contribution in [0.1, 0.15) is 15.9 Å². The third-order valence-corrected chi connectivity index (χ3v) is 4.36. The van der Waals surface area contributed by atoms with Gasteiger partial charge in [0.25, 0.3) is 5.91 Å². The van der Waals surface area contributed by atoms with Gasteiger partial charge >= 0.3 is 0 Å². The van der Waals surface area contributed by atoms with Gasteiger partial charge in [-0.2, -0.15) is 0 Å². The maximum atomic E-state index is 12.1. The molecule has 0 saturated carbocycles. The van der Waals surface area contributed by atoms with Crippen molar-refractivity contribution < 1.29 is 14.3 Å². The molecule has 7 nitrogen and oxygen atoms in total. The van der Waals surface area contributed by atoms with E-state index in [-0.39, 0.29) is 12.0 Å². The molecule has 3 heterocycles. The molecule has 1 aliphatic heterocycles. The van der Waals surface area contributed by atoms with E-state index in [1.165, 1.54) is 0 Å². The summed E-state index contributed by atoms with van der Waals surface area (Å²) in [5.74, 6) is 1.16. The number of methoxy groups -OCH3 is 1. The summed E-state index contributed by atoms with van der Waals surface area (Å²) >= 11 is 0. The lowest BCUT2D eigenvalue weighted by atomic mass is 10.0. The molecule has 0 aliphatic carbocycles. The second kappa shape index (κ2) is 7.41. The van der Waals surface area contributed by atoms with Crippen molar-refractivity contribution in [3.8, 4) is 22.9 Å². The van der Waals surface area contributed by atoms with E-state index in [1.54, 1.807) is 37.7 Å². The van der Waals surface area contributed by atoms with Crippen molar-refractivity contribution in [3.05, 3.63) is 66.0 Å². The van der Waals surface area contributed by atoms with Gasteiger partial charge in [0, 0.05) is 30.4 Å². The molecule has 1 atom stereocenters. The normalized spacial score (nSPS) is 14.9. The van der Waals surface area contributed by atoms with Crippen LogP contribution in [0.4, 0.5) is 0 Å². The first-order valence-corrected chi connectivity index (χ1v) is 8.59. The van der Waals surface area contributed by atoms with Crippen LogP contribution in [-0.2, 0) is 6.42 Å². The van der Waals surface area contributed by atoms with E-state index in [1.807, 2.05) is 18.2 Å². The lowest BCUT2D eigenvalue weighted by Crippen LogP contribution is -2.34. The van der Waals surface area contributed by atoms with Gasteiger partial charge in [-0.3, -0.25) is 9.78 Å². The number of amides is 1. The molecule has 0 spiro atoms. The summed E-state index contributed by atoms with van der Waals surface area (Å²) in [7, 11) is 1.56. The molecular weight excluding hydrogens is 344 g/mol. The molecule has 1 unspecified atom stereocenters. The number of pyridine rings is 1. The van der Waals surface area contributed by atoms with Gasteiger partial charge in [-0.15, -0.1) is 10.2 Å². The summed E-state index contributed by atoms with van der Waals surface area (Å²) in [6, 6.07) is 13.0. The number of nitrogens with one attached hydrogen (secondary N) is 1. The highest BCUT2D eigenvalue weighted by Crippen LogP contribution is 2.32. The Labute approximate surface area is 156 Å². The van der Waals surface area contributed by atoms with Gasteiger partial charge in [-0.25, -0.2) is 0 Å². The minimum atomic E-state index is -0.156. The number of ether oxygens (including phenoxy) is 2. The summed E-state index contributed by atoms with van der Waals surface area (Å²) in [5, 5.41) is 11.1. The van der Waals surface area contributed by atoms with Gasteiger partial charge in [0.05, 0.1) is 24.9 Å². The van der Waals surface area contributed by atoms with E-state index in [0.717, 1.165) is 29.0 Å². The van der Waals surface area contributed by atoms with Crippen molar-refractivity contribution in [3.63, 3.8) is 0 Å². The average Bonchev–Trinajstić information content (AvgIpc) is 3.15. The largest absolute Gasteiger partial charge is 0.488 e. The maximum absolute atomic E-state index is 12.1. The molecule has 7 heteroatoms. The van der Waals surface area contributed by atoms with Crippen molar-refractivity contribution in [1.82, 2.24) is 20.5 Å². The Morgan fingerprint density at radius 1 is 1.26 bits per heavy atom. The van der Waals surface area contributed by atoms with E-state index in [9.17, 15) is 4.79 Å². The fourth-order valence-electron chi connectivity index (χ4n) is 2.98. The number of hydrogen-bond donors (Lipinski definition) is 1. The fourth-order valence-corrected chi connectivity index (χ4v) is 2.98. The van der Waals surface area contributed by atoms with Gasteiger partial charge in [-0.1, -0.05) is 0 Å². The summed E-state index contributed by atoms with van der Waals surface area (Å²) in [6.45, 7) is 0.431. The Balaban J connectivity index is 1.40. The third-order valence-electron chi connectivity index (χ3n) is 4.36. The molecule has 4 rings (SSSR count). The van der Waals surface area contributed by atoms with E-state index in [0.29, 0.717) is 18.0 Å². The zero-order valence-electron chi connectivity index (χ0n) is 14.8. The molecule has 0 radical (unpaired) electrons. The van der Waals surface area contributed by atoms with Crippen LogP contribution in [0.2, 0.25) is 0 Å². The van der Waals surface area contributed by atoms with Gasteiger partial charge in [0.1, 0.15) is 11.9 Å². The first kappa shape index (κ1) is 17.0. The number of aromatic nitrogens is 3. The second-order valence-corrected chi connectivity index (χ2v) is 6.18. The number of hydrogen-bond acceptors (Lipinski definition) is 6. The van der Waals surface area contributed by atoms with Crippen LogP contribution in [0.3, 0.4) is 0 Å². The van der Waals surface area contributed by atoms with E-state index >= 15 is 0 Å². The Bertz CT molecular complexity index is 945. The standard InChI is InChI=1S/C20H18N4O3/c1-26-19-7-5-17(23-24-19)13-4-6-18-15(9-13)10-16(27-18)12-22-20(25)14-3-2-8-21-11-14/h2-9,11,16H,10,12H2,1H3,(H,22,25). The Morgan fingerprint density at radius 2 is 2.19 bits per heavy atom. The SMILES string of the molecule is COc1ccc(-c2ccc3c(c2)CC(CNC(=O)c2cccnc2)O3)nn1. The molecular formula is C20H18N4O3. The summed E-state index contributed by atoms with van der Waals surface area (Å²) in [5.41, 5.74) is 3.36. The fraction of sp³-hybridized carbons (Fsp3) is 0.200. The lowest BCUT2D eigenvalue weighted by molar-refractivity contribution is 0.0933. The Hall–Kier alpha value is -3.48. The van der Waals surface area contributed by atoms with Gasteiger partial charge in [0.2, 0.25) is 5.88 Å². The number of carbonyl (C=O) groups excluding carboxylic acids is 1. The maximum Gasteiger partial charge on any atom is 0.252 e. The lowest BCUT2D eigenvalue weighted by Gasteiger charge is -2.11. The van der Waals surface area contributed by atoms with Crippen molar-refractivity contribution in [2.75, 3.05) is 13.7 Å². The molecule has 0 saturated heterocycles. The molecule has 0 fully saturated rings. The van der Waals surface area contributed by atoms with Crippen molar-refractivity contribution >= 4 is 5.91 Å². The summed E-state index contributed by atoms with van der Waals surface area (Å²) < 4.78 is 11.0. The van der Waals surface area contributed by atoms with E-state index in [4.69, 9.17) is 9.47 Å². The van der Waals surface area contributed by atoms with Crippen LogP contribution in [0.15, 0.2) is 54.9 Å². The zero-order chi connectivity index (χ0) is 18.6. The summed E-state index contributed by atoms with van der Waals surface area (Å²) in [6.07, 6.45) is 3.80. The van der Waals surface area contributed by atoms with Crippen LogP contribution in [-0.4, -0.2) is 40.8 Å². The van der Waals surface area contributed by atoms with Gasteiger partial charge < -0.3 is 14.8 Å². The monoisotopic (exact) mass is 362 g/mol. The highest BCUT2D eigenvalue weighted by atomic mass is 16.5. The number of nitrogens with zero attached hydrogens (tertiary/aromatic N) is 3. The first-order chi connectivity index (χ1) is 13.2. The first-order valence-electron chi connectivity index (χ1n) is 8.59. The van der Waals surface area contributed by atoms with Gasteiger partial charge in [-0.05, 0) is 42.0 Å². The molecule has 1 aliphatic rings. The highest BCUT2D eigenvalue weighted by molar-refractivity contribution is 5.93. The number of rotatable bonds is 5. The predicted molar refractivity (Wildman–Crippen MR) is 98.7 cm³/mol. The zero-order valence-corrected chi connectivity index (χ0v) is 14.8. The number of benzene rings is 1. The Morgan fingerprint density at radius 3 is 2.93 bits per heavy atom. The van der Waals surface area contributed by atoms with Crippen LogP contribution in [0, 0.1) is 0 Å². The van der Waals surface area contributed by atoms with Crippen LogP contribution in [0.5, 0.6) is 11.6 Å². The molecule has 2 aromatic heterocycles. The molecule has 136 valence electrons. The minimum Gasteiger partial charge on any atom is -0.488 e. The van der Waals surface area contributed by atoms with Gasteiger partial charge in [0.15, 0.2) is 0 Å². The van der Waals surface area contributed by atoms with Crippen molar-refractivity contribution in [2.45, 2.75) is 12.5 Å². The van der Waals surface area contributed by atoms with E-state index in [2.05, 4.69) is 26.6 Å². The molecule has 0 bridgehead atoms.